The number of nitriles is 1. The highest BCUT2D eigenvalue weighted by molar-refractivity contribution is 7.21. The number of thiophene rings is 1. The first-order valence-corrected chi connectivity index (χ1v) is 10.9. The van der Waals surface area contributed by atoms with Gasteiger partial charge in [-0.1, -0.05) is 34.8 Å². The Bertz CT molecular complexity index is 1140. The summed E-state index contributed by atoms with van der Waals surface area (Å²) in [6, 6.07) is 9.08. The number of rotatable bonds is 2. The molecule has 9 heteroatoms. The van der Waals surface area contributed by atoms with Crippen molar-refractivity contribution in [3.05, 3.63) is 56.0 Å². The molecule has 1 amide bonds. The first kappa shape index (κ1) is 20.2. The molecule has 0 N–H and O–H groups in total. The van der Waals surface area contributed by atoms with E-state index in [0.717, 1.165) is 17.7 Å². The molecule has 0 aliphatic carbocycles. The van der Waals surface area contributed by atoms with Gasteiger partial charge in [0.25, 0.3) is 5.91 Å². The molecule has 0 spiro atoms. The first-order valence-electron chi connectivity index (χ1n) is 8.96. The third-order valence-electron chi connectivity index (χ3n) is 4.83. The van der Waals surface area contributed by atoms with Crippen LogP contribution in [-0.4, -0.2) is 42.0 Å². The molecule has 1 aromatic carbocycles. The standard InChI is InChI=1S/C20H15Cl3N4OS/c21-13-9-14(22)16-15(10-13)29-18(17(16)23)20(28)27-6-2-5-26(7-8-27)19-12(11-24)3-1-4-25-19/h1,3-4,9-10H,2,5-8H2. The molecule has 1 aliphatic rings. The number of anilines is 1. The minimum atomic E-state index is -0.119. The number of hydrogen-bond acceptors (Lipinski definition) is 5. The Balaban J connectivity index is 1.58. The van der Waals surface area contributed by atoms with Gasteiger partial charge in [0.1, 0.15) is 16.8 Å². The highest BCUT2D eigenvalue weighted by atomic mass is 35.5. The Morgan fingerprint density at radius 2 is 2.00 bits per heavy atom. The number of aromatic nitrogens is 1. The van der Waals surface area contributed by atoms with Gasteiger partial charge < -0.3 is 9.80 Å². The maximum absolute atomic E-state index is 13.2. The van der Waals surface area contributed by atoms with Crippen LogP contribution in [0.4, 0.5) is 5.82 Å². The van der Waals surface area contributed by atoms with Gasteiger partial charge in [-0.3, -0.25) is 4.79 Å². The van der Waals surface area contributed by atoms with Gasteiger partial charge in [-0.25, -0.2) is 4.98 Å². The summed E-state index contributed by atoms with van der Waals surface area (Å²) in [6.07, 6.45) is 2.44. The van der Waals surface area contributed by atoms with Crippen LogP contribution in [0.3, 0.4) is 0 Å². The fourth-order valence-corrected chi connectivity index (χ4v) is 5.80. The molecule has 0 unspecified atom stereocenters. The van der Waals surface area contributed by atoms with E-state index in [9.17, 15) is 10.1 Å². The van der Waals surface area contributed by atoms with Crippen LogP contribution in [0, 0.1) is 11.3 Å². The SMILES string of the molecule is N#Cc1cccnc1N1CCCN(C(=O)c2sc3cc(Cl)cc(Cl)c3c2Cl)CC1. The normalized spacial score (nSPS) is 14.7. The molecule has 0 bridgehead atoms. The lowest BCUT2D eigenvalue weighted by atomic mass is 10.2. The van der Waals surface area contributed by atoms with Gasteiger partial charge in [0.15, 0.2) is 0 Å². The summed E-state index contributed by atoms with van der Waals surface area (Å²) >= 11 is 20.2. The highest BCUT2D eigenvalue weighted by Gasteiger charge is 2.26. The van der Waals surface area contributed by atoms with Crippen molar-refractivity contribution in [3.8, 4) is 6.07 Å². The summed E-state index contributed by atoms with van der Waals surface area (Å²) in [7, 11) is 0. The zero-order valence-corrected chi connectivity index (χ0v) is 18.2. The van der Waals surface area contributed by atoms with Crippen molar-refractivity contribution in [1.82, 2.24) is 9.88 Å². The maximum atomic E-state index is 13.2. The second-order valence-corrected chi connectivity index (χ2v) is 8.90. The van der Waals surface area contributed by atoms with Crippen molar-refractivity contribution in [2.45, 2.75) is 6.42 Å². The number of fused-ring (bicyclic) bond motifs is 1. The maximum Gasteiger partial charge on any atom is 0.265 e. The predicted octanol–water partition coefficient (Wildman–Crippen LogP) is 5.48. The second-order valence-electron chi connectivity index (χ2n) is 6.63. The van der Waals surface area contributed by atoms with Gasteiger partial charge in [-0.15, -0.1) is 11.3 Å². The van der Waals surface area contributed by atoms with Crippen LogP contribution in [0.5, 0.6) is 0 Å². The van der Waals surface area contributed by atoms with Crippen molar-refractivity contribution in [2.24, 2.45) is 0 Å². The Kier molecular flexibility index (Phi) is 5.84. The van der Waals surface area contributed by atoms with Crippen molar-refractivity contribution < 1.29 is 4.79 Å². The topological polar surface area (TPSA) is 60.2 Å². The van der Waals surface area contributed by atoms with Gasteiger partial charge in [0.2, 0.25) is 0 Å². The summed E-state index contributed by atoms with van der Waals surface area (Å²) < 4.78 is 0.791. The van der Waals surface area contributed by atoms with E-state index >= 15 is 0 Å². The zero-order chi connectivity index (χ0) is 20.5. The summed E-state index contributed by atoms with van der Waals surface area (Å²) in [5, 5.41) is 11.3. The van der Waals surface area contributed by atoms with Gasteiger partial charge >= 0.3 is 0 Å². The van der Waals surface area contributed by atoms with E-state index in [4.69, 9.17) is 34.8 Å². The van der Waals surface area contributed by atoms with E-state index in [-0.39, 0.29) is 5.91 Å². The van der Waals surface area contributed by atoms with Crippen molar-refractivity contribution in [3.63, 3.8) is 0 Å². The third-order valence-corrected chi connectivity index (χ3v) is 6.96. The molecular weight excluding hydrogens is 451 g/mol. The number of halogens is 3. The molecule has 2 aromatic heterocycles. The number of benzene rings is 1. The quantitative estimate of drug-likeness (QED) is 0.503. The molecule has 1 fully saturated rings. The summed E-state index contributed by atoms with van der Waals surface area (Å²) in [5.74, 6) is 0.539. The fourth-order valence-electron chi connectivity index (χ4n) is 3.46. The molecule has 1 aliphatic heterocycles. The Labute approximate surface area is 187 Å². The van der Waals surface area contributed by atoms with Crippen LogP contribution in [0.15, 0.2) is 30.5 Å². The second kappa shape index (κ2) is 8.37. The van der Waals surface area contributed by atoms with E-state index in [1.54, 1.807) is 35.4 Å². The molecule has 1 saturated heterocycles. The van der Waals surface area contributed by atoms with E-state index in [1.165, 1.54) is 11.3 Å². The molecule has 0 atom stereocenters. The third kappa shape index (κ3) is 3.88. The average molecular weight is 466 g/mol. The van der Waals surface area contributed by atoms with Crippen LogP contribution in [-0.2, 0) is 0 Å². The fraction of sp³-hybridized carbons (Fsp3) is 0.250. The number of nitrogens with zero attached hydrogens (tertiary/aromatic N) is 4. The minimum Gasteiger partial charge on any atom is -0.354 e. The van der Waals surface area contributed by atoms with Crippen LogP contribution >= 0.6 is 46.1 Å². The van der Waals surface area contributed by atoms with Gasteiger partial charge in [-0.2, -0.15) is 5.26 Å². The summed E-state index contributed by atoms with van der Waals surface area (Å²) in [5.41, 5.74) is 0.534. The molecule has 5 nitrogen and oxygen atoms in total. The molecule has 148 valence electrons. The van der Waals surface area contributed by atoms with Crippen molar-refractivity contribution >= 4 is 68.0 Å². The number of pyridine rings is 1. The monoisotopic (exact) mass is 464 g/mol. The predicted molar refractivity (Wildman–Crippen MR) is 119 cm³/mol. The smallest absolute Gasteiger partial charge is 0.265 e. The number of carbonyl (C=O) groups excluding carboxylic acids is 1. The number of carbonyl (C=O) groups is 1. The van der Waals surface area contributed by atoms with E-state index < -0.39 is 0 Å². The molecule has 29 heavy (non-hydrogen) atoms. The molecule has 0 saturated carbocycles. The van der Waals surface area contributed by atoms with Crippen LogP contribution < -0.4 is 4.90 Å². The minimum absolute atomic E-state index is 0.119. The zero-order valence-electron chi connectivity index (χ0n) is 15.2. The lowest BCUT2D eigenvalue weighted by molar-refractivity contribution is 0.0772. The lowest BCUT2D eigenvalue weighted by Gasteiger charge is -2.23. The van der Waals surface area contributed by atoms with E-state index in [1.807, 2.05) is 0 Å². The Hall–Kier alpha value is -2.04. The highest BCUT2D eigenvalue weighted by Crippen LogP contribution is 2.41. The Morgan fingerprint density at radius 1 is 1.17 bits per heavy atom. The van der Waals surface area contributed by atoms with Crippen molar-refractivity contribution in [2.75, 3.05) is 31.1 Å². The van der Waals surface area contributed by atoms with E-state index in [2.05, 4.69) is 16.0 Å². The molecule has 4 rings (SSSR count). The van der Waals surface area contributed by atoms with Gasteiger partial charge in [-0.05, 0) is 30.7 Å². The van der Waals surface area contributed by atoms with Crippen LogP contribution in [0.2, 0.25) is 15.1 Å². The van der Waals surface area contributed by atoms with Crippen LogP contribution in [0.1, 0.15) is 21.7 Å². The Morgan fingerprint density at radius 3 is 2.79 bits per heavy atom. The molecular formula is C20H15Cl3N4OS. The molecule has 0 radical (unpaired) electrons. The molecule has 3 aromatic rings. The first-order chi connectivity index (χ1) is 14.0. The number of hydrogen-bond donors (Lipinski definition) is 0. The summed E-state index contributed by atoms with van der Waals surface area (Å²) in [4.78, 5) is 21.9. The van der Waals surface area contributed by atoms with Gasteiger partial charge in [0, 0.05) is 47.5 Å². The molecule has 3 heterocycles. The summed E-state index contributed by atoms with van der Waals surface area (Å²) in [6.45, 7) is 2.42. The largest absolute Gasteiger partial charge is 0.354 e. The lowest BCUT2D eigenvalue weighted by Crippen LogP contribution is -2.35. The van der Waals surface area contributed by atoms with Crippen LogP contribution in [0.25, 0.3) is 10.1 Å². The van der Waals surface area contributed by atoms with Gasteiger partial charge in [0.05, 0.1) is 15.6 Å². The number of amides is 1. The van der Waals surface area contributed by atoms with Crippen molar-refractivity contribution in [1.29, 1.82) is 5.26 Å². The average Bonchev–Trinajstić information content (AvgIpc) is 2.89. The van der Waals surface area contributed by atoms with E-state index in [0.29, 0.717) is 56.3 Å².